The molecular formula is C12H16Cl2OS. The summed E-state index contributed by atoms with van der Waals surface area (Å²) in [5.74, 6) is 1.20. The molecule has 1 nitrogen and oxygen atoms in total. The molecule has 0 bridgehead atoms. The van der Waals surface area contributed by atoms with E-state index in [4.69, 9.17) is 23.2 Å². The van der Waals surface area contributed by atoms with Crippen LogP contribution < -0.4 is 0 Å². The Hall–Kier alpha value is 0.0800. The summed E-state index contributed by atoms with van der Waals surface area (Å²) in [5.41, 5.74) is 2.38. The number of halogens is 2. The summed E-state index contributed by atoms with van der Waals surface area (Å²) >= 11 is 13.7. The number of hydrogen-bond acceptors (Lipinski definition) is 2. The van der Waals surface area contributed by atoms with Crippen molar-refractivity contribution in [3.8, 4) is 0 Å². The van der Waals surface area contributed by atoms with Crippen molar-refractivity contribution < 1.29 is 4.79 Å². The standard InChI is InChI=1S/C11H14OS.CH2Cl2/c12-11-9(7-13)6-5-8-3-1-2-4-10(8)11;2-1-3/h2,4,9,13H,1,3,5-7H2;1H2. The first-order chi connectivity index (χ1) is 7.74. The highest BCUT2D eigenvalue weighted by Gasteiger charge is 2.27. The van der Waals surface area contributed by atoms with E-state index in [9.17, 15) is 4.79 Å². The van der Waals surface area contributed by atoms with Crippen LogP contribution in [0.1, 0.15) is 25.7 Å². The fourth-order valence-electron chi connectivity index (χ4n) is 2.10. The van der Waals surface area contributed by atoms with E-state index in [1.807, 2.05) is 6.08 Å². The molecule has 2 aliphatic carbocycles. The second-order valence-corrected chi connectivity index (χ2v) is 5.01. The number of thiol groups is 1. The predicted octanol–water partition coefficient (Wildman–Crippen LogP) is 3.96. The van der Waals surface area contributed by atoms with Crippen LogP contribution in [-0.4, -0.2) is 16.9 Å². The molecule has 16 heavy (non-hydrogen) atoms. The van der Waals surface area contributed by atoms with Gasteiger partial charge in [0.15, 0.2) is 5.78 Å². The van der Waals surface area contributed by atoms with Crippen molar-refractivity contribution in [3.05, 3.63) is 23.3 Å². The number of allylic oxidation sites excluding steroid dienone is 4. The van der Waals surface area contributed by atoms with E-state index in [1.54, 1.807) is 0 Å². The van der Waals surface area contributed by atoms with Gasteiger partial charge in [0.25, 0.3) is 0 Å². The Morgan fingerprint density at radius 3 is 2.69 bits per heavy atom. The SMILES string of the molecule is ClCCl.O=C1C2=C(CCC=C2)CCC1CS. The van der Waals surface area contributed by atoms with Gasteiger partial charge < -0.3 is 0 Å². The van der Waals surface area contributed by atoms with Crippen LogP contribution in [-0.2, 0) is 4.79 Å². The molecule has 4 heteroatoms. The molecule has 2 aliphatic rings. The summed E-state index contributed by atoms with van der Waals surface area (Å²) in [6.45, 7) is 0. The van der Waals surface area contributed by atoms with Crippen LogP contribution in [0.2, 0.25) is 0 Å². The highest BCUT2D eigenvalue weighted by molar-refractivity contribution is 7.80. The zero-order valence-corrected chi connectivity index (χ0v) is 11.5. The Morgan fingerprint density at radius 2 is 2.06 bits per heavy atom. The summed E-state index contributed by atoms with van der Waals surface area (Å²) < 4.78 is 0. The number of rotatable bonds is 1. The average Bonchev–Trinajstić information content (AvgIpc) is 2.31. The molecule has 0 aliphatic heterocycles. The van der Waals surface area contributed by atoms with Gasteiger partial charge in [0.1, 0.15) is 0 Å². The van der Waals surface area contributed by atoms with Gasteiger partial charge in [-0.3, -0.25) is 4.79 Å². The Labute approximate surface area is 112 Å². The summed E-state index contributed by atoms with van der Waals surface area (Å²) in [6.07, 6.45) is 8.44. The molecule has 1 unspecified atom stereocenters. The van der Waals surface area contributed by atoms with Crippen LogP contribution in [0.3, 0.4) is 0 Å². The van der Waals surface area contributed by atoms with Gasteiger partial charge in [-0.15, -0.1) is 23.2 Å². The maximum Gasteiger partial charge on any atom is 0.166 e. The lowest BCUT2D eigenvalue weighted by Gasteiger charge is -2.25. The molecule has 0 heterocycles. The molecule has 0 spiro atoms. The third kappa shape index (κ3) is 3.54. The molecule has 2 rings (SSSR count). The van der Waals surface area contributed by atoms with E-state index in [2.05, 4.69) is 18.7 Å². The minimum Gasteiger partial charge on any atom is -0.294 e. The Balaban J connectivity index is 0.000000386. The van der Waals surface area contributed by atoms with Crippen LogP contribution in [0.4, 0.5) is 0 Å². The van der Waals surface area contributed by atoms with Crippen LogP contribution >= 0.6 is 35.8 Å². The van der Waals surface area contributed by atoms with Crippen LogP contribution in [0.15, 0.2) is 23.3 Å². The van der Waals surface area contributed by atoms with Gasteiger partial charge in [-0.1, -0.05) is 17.7 Å². The lowest BCUT2D eigenvalue weighted by Crippen LogP contribution is -2.24. The summed E-state index contributed by atoms with van der Waals surface area (Å²) in [7, 11) is 0. The molecule has 0 aromatic heterocycles. The first-order valence-corrected chi connectivity index (χ1v) is 7.10. The number of carbonyl (C=O) groups is 1. The maximum atomic E-state index is 11.8. The molecule has 1 atom stereocenters. The predicted molar refractivity (Wildman–Crippen MR) is 73.6 cm³/mol. The van der Waals surface area contributed by atoms with Crippen molar-refractivity contribution in [2.75, 3.05) is 11.1 Å². The summed E-state index contributed by atoms with van der Waals surface area (Å²) in [5, 5.41) is 0.194. The molecule has 90 valence electrons. The van der Waals surface area contributed by atoms with Crippen LogP contribution in [0, 0.1) is 5.92 Å². The largest absolute Gasteiger partial charge is 0.294 e. The van der Waals surface area contributed by atoms with Crippen LogP contribution in [0.5, 0.6) is 0 Å². The number of hydrogen-bond donors (Lipinski definition) is 1. The number of carbonyl (C=O) groups excluding carboxylic acids is 1. The minimum atomic E-state index is 0.171. The molecule has 0 radical (unpaired) electrons. The molecule has 0 N–H and O–H groups in total. The van der Waals surface area contributed by atoms with Gasteiger partial charge in [-0.25, -0.2) is 0 Å². The normalized spacial score (nSPS) is 23.7. The Kier molecular flexibility index (Phi) is 6.55. The van der Waals surface area contributed by atoms with Crippen molar-refractivity contribution in [1.29, 1.82) is 0 Å². The van der Waals surface area contributed by atoms with E-state index >= 15 is 0 Å². The van der Waals surface area contributed by atoms with Gasteiger partial charge in [-0.05, 0) is 25.7 Å². The molecule has 0 saturated heterocycles. The van der Waals surface area contributed by atoms with E-state index in [-0.39, 0.29) is 11.3 Å². The van der Waals surface area contributed by atoms with Crippen molar-refractivity contribution in [1.82, 2.24) is 0 Å². The van der Waals surface area contributed by atoms with E-state index in [1.165, 1.54) is 5.57 Å². The second kappa shape index (κ2) is 7.41. The van der Waals surface area contributed by atoms with Gasteiger partial charge in [0.05, 0.1) is 5.34 Å². The topological polar surface area (TPSA) is 17.1 Å². The number of alkyl halides is 2. The molecule has 0 fully saturated rings. The van der Waals surface area contributed by atoms with Crippen molar-refractivity contribution in [2.45, 2.75) is 25.7 Å². The molecule has 0 aromatic rings. The second-order valence-electron chi connectivity index (χ2n) is 3.84. The van der Waals surface area contributed by atoms with Crippen LogP contribution in [0.25, 0.3) is 0 Å². The average molecular weight is 279 g/mol. The first kappa shape index (κ1) is 14.1. The van der Waals surface area contributed by atoms with E-state index in [0.717, 1.165) is 31.3 Å². The maximum absolute atomic E-state index is 11.8. The number of ketones is 1. The lowest BCUT2D eigenvalue weighted by atomic mass is 9.80. The quantitative estimate of drug-likeness (QED) is 0.568. The van der Waals surface area contributed by atoms with Crippen molar-refractivity contribution in [3.63, 3.8) is 0 Å². The van der Waals surface area contributed by atoms with Gasteiger partial charge in [-0.2, -0.15) is 12.6 Å². The first-order valence-electron chi connectivity index (χ1n) is 5.40. The third-order valence-electron chi connectivity index (χ3n) is 2.93. The lowest BCUT2D eigenvalue weighted by molar-refractivity contribution is -0.118. The third-order valence-corrected chi connectivity index (χ3v) is 3.37. The summed E-state index contributed by atoms with van der Waals surface area (Å²) in [4.78, 5) is 11.8. The molecule has 0 saturated carbocycles. The fraction of sp³-hybridized carbons (Fsp3) is 0.583. The minimum absolute atomic E-state index is 0.171. The van der Waals surface area contributed by atoms with Gasteiger partial charge in [0, 0.05) is 17.2 Å². The van der Waals surface area contributed by atoms with E-state index in [0.29, 0.717) is 11.5 Å². The van der Waals surface area contributed by atoms with Gasteiger partial charge >= 0.3 is 0 Å². The van der Waals surface area contributed by atoms with E-state index < -0.39 is 0 Å². The number of Topliss-reactive ketones (excluding diaryl/α,β-unsaturated/α-hetero) is 1. The zero-order chi connectivity index (χ0) is 12.0. The van der Waals surface area contributed by atoms with Crippen molar-refractivity contribution >= 4 is 41.6 Å². The monoisotopic (exact) mass is 278 g/mol. The highest BCUT2D eigenvalue weighted by atomic mass is 35.5. The molecular weight excluding hydrogens is 263 g/mol. The Bertz CT molecular complexity index is 310. The Morgan fingerprint density at radius 1 is 1.38 bits per heavy atom. The molecule has 0 amide bonds. The van der Waals surface area contributed by atoms with Crippen molar-refractivity contribution in [2.24, 2.45) is 5.92 Å². The highest BCUT2D eigenvalue weighted by Crippen LogP contribution is 2.33. The zero-order valence-electron chi connectivity index (χ0n) is 9.09. The molecule has 0 aromatic carbocycles. The smallest absolute Gasteiger partial charge is 0.166 e. The fourth-order valence-corrected chi connectivity index (χ4v) is 2.45. The van der Waals surface area contributed by atoms with Gasteiger partial charge in [0.2, 0.25) is 0 Å². The summed E-state index contributed by atoms with van der Waals surface area (Å²) in [6, 6.07) is 0.